The number of piperidine rings is 1. The van der Waals surface area contributed by atoms with Gasteiger partial charge in [0.25, 0.3) is 5.69 Å². The molecule has 2 N–H and O–H groups in total. The van der Waals surface area contributed by atoms with Crippen LogP contribution >= 0.6 is 11.6 Å². The van der Waals surface area contributed by atoms with E-state index in [0.717, 1.165) is 18.9 Å². The number of hydrogen-bond donors (Lipinski definition) is 2. The van der Waals surface area contributed by atoms with Crippen LogP contribution in [0.4, 0.5) is 5.69 Å². The molecule has 120 valence electrons. The molecule has 9 heteroatoms. The molecule has 1 aromatic carbocycles. The first-order valence-corrected chi connectivity index (χ1v) is 8.94. The third-order valence-corrected chi connectivity index (χ3v) is 6.24. The van der Waals surface area contributed by atoms with Crippen LogP contribution in [0.25, 0.3) is 0 Å². The SMILES string of the molecule is O=[N+]([O-])c1cccc(Cl)c1S(=O)(=O)NC1CC2CCC(C1)N2. The minimum Gasteiger partial charge on any atom is -0.311 e. The Hall–Kier alpha value is -1.22. The molecule has 0 saturated carbocycles. The first-order valence-electron chi connectivity index (χ1n) is 7.08. The fourth-order valence-corrected chi connectivity index (χ4v) is 5.31. The first kappa shape index (κ1) is 15.7. The maximum absolute atomic E-state index is 12.6. The zero-order valence-electron chi connectivity index (χ0n) is 11.7. The number of fused-ring (bicyclic) bond motifs is 2. The van der Waals surface area contributed by atoms with E-state index in [1.165, 1.54) is 12.1 Å². The number of rotatable bonds is 4. The van der Waals surface area contributed by atoms with Gasteiger partial charge in [-0.2, -0.15) is 0 Å². The van der Waals surface area contributed by atoms with E-state index in [4.69, 9.17) is 11.6 Å². The highest BCUT2D eigenvalue weighted by Gasteiger charge is 2.37. The van der Waals surface area contributed by atoms with Crippen molar-refractivity contribution in [2.75, 3.05) is 0 Å². The molecule has 2 aliphatic rings. The molecule has 1 aromatic rings. The summed E-state index contributed by atoms with van der Waals surface area (Å²) in [5, 5.41) is 14.3. The van der Waals surface area contributed by atoms with E-state index in [0.29, 0.717) is 24.9 Å². The quantitative estimate of drug-likeness (QED) is 0.640. The smallest absolute Gasteiger partial charge is 0.290 e. The summed E-state index contributed by atoms with van der Waals surface area (Å²) >= 11 is 5.91. The topological polar surface area (TPSA) is 101 Å². The van der Waals surface area contributed by atoms with Gasteiger partial charge >= 0.3 is 0 Å². The summed E-state index contributed by atoms with van der Waals surface area (Å²) in [5.74, 6) is 0. The maximum atomic E-state index is 12.6. The van der Waals surface area contributed by atoms with Crippen molar-refractivity contribution in [3.63, 3.8) is 0 Å². The van der Waals surface area contributed by atoms with Crippen LogP contribution in [0.3, 0.4) is 0 Å². The summed E-state index contributed by atoms with van der Waals surface area (Å²) in [5.41, 5.74) is -0.503. The van der Waals surface area contributed by atoms with Gasteiger partial charge in [-0.15, -0.1) is 0 Å². The number of nitrogens with one attached hydrogen (secondary N) is 2. The average molecular weight is 346 g/mol. The standard InChI is InChI=1S/C13H16ClN3O4S/c14-11-2-1-3-12(17(18)19)13(11)22(20,21)16-10-6-8-4-5-9(7-10)15-8/h1-3,8-10,15-16H,4-7H2. The Morgan fingerprint density at radius 2 is 1.91 bits per heavy atom. The fourth-order valence-electron chi connectivity index (χ4n) is 3.34. The average Bonchev–Trinajstić information content (AvgIpc) is 2.76. The van der Waals surface area contributed by atoms with Crippen LogP contribution in [0, 0.1) is 10.1 Å². The molecule has 0 aliphatic carbocycles. The summed E-state index contributed by atoms with van der Waals surface area (Å²) in [6.45, 7) is 0. The number of nitro groups is 1. The molecule has 2 unspecified atom stereocenters. The molecule has 0 radical (unpaired) electrons. The Bertz CT molecular complexity index is 697. The monoisotopic (exact) mass is 345 g/mol. The van der Waals surface area contributed by atoms with Crippen molar-refractivity contribution in [2.45, 2.75) is 48.7 Å². The van der Waals surface area contributed by atoms with Gasteiger partial charge in [-0.1, -0.05) is 17.7 Å². The van der Waals surface area contributed by atoms with Crippen LogP contribution in [0.15, 0.2) is 23.1 Å². The lowest BCUT2D eigenvalue weighted by atomic mass is 10.0. The fraction of sp³-hybridized carbons (Fsp3) is 0.538. The number of benzene rings is 1. The van der Waals surface area contributed by atoms with Gasteiger partial charge in [0.15, 0.2) is 4.90 Å². The Balaban J connectivity index is 1.89. The molecule has 2 atom stereocenters. The zero-order chi connectivity index (χ0) is 15.9. The number of sulfonamides is 1. The van der Waals surface area contributed by atoms with Crippen molar-refractivity contribution in [2.24, 2.45) is 0 Å². The highest BCUT2D eigenvalue weighted by Crippen LogP contribution is 2.33. The van der Waals surface area contributed by atoms with E-state index in [1.807, 2.05) is 0 Å². The molecule has 0 spiro atoms. The summed E-state index contributed by atoms with van der Waals surface area (Å²) in [6, 6.07) is 4.26. The second-order valence-corrected chi connectivity index (χ2v) is 7.83. The second kappa shape index (κ2) is 5.77. The van der Waals surface area contributed by atoms with Gasteiger partial charge in [-0.05, 0) is 31.7 Å². The third-order valence-electron chi connectivity index (χ3n) is 4.21. The van der Waals surface area contributed by atoms with Gasteiger partial charge in [-0.3, -0.25) is 10.1 Å². The van der Waals surface area contributed by atoms with Crippen LogP contribution in [0.1, 0.15) is 25.7 Å². The number of nitrogens with zero attached hydrogens (tertiary/aromatic N) is 1. The highest BCUT2D eigenvalue weighted by molar-refractivity contribution is 7.89. The highest BCUT2D eigenvalue weighted by atomic mass is 35.5. The Kier molecular flexibility index (Phi) is 4.11. The van der Waals surface area contributed by atoms with Crippen molar-refractivity contribution in [1.29, 1.82) is 0 Å². The summed E-state index contributed by atoms with van der Waals surface area (Å²) in [6.07, 6.45) is 3.45. The Labute approximate surface area is 133 Å². The predicted octanol–water partition coefficient (Wildman–Crippen LogP) is 1.81. The minimum absolute atomic E-state index is 0.140. The molecule has 2 saturated heterocycles. The van der Waals surface area contributed by atoms with Gasteiger partial charge in [0.1, 0.15) is 0 Å². The number of halogens is 1. The van der Waals surface area contributed by atoms with E-state index >= 15 is 0 Å². The molecule has 0 amide bonds. The summed E-state index contributed by atoms with van der Waals surface area (Å²) in [7, 11) is -4.04. The van der Waals surface area contributed by atoms with E-state index in [1.54, 1.807) is 0 Å². The van der Waals surface area contributed by atoms with Gasteiger partial charge < -0.3 is 5.32 Å². The summed E-state index contributed by atoms with van der Waals surface area (Å²) < 4.78 is 27.7. The lowest BCUT2D eigenvalue weighted by molar-refractivity contribution is -0.387. The maximum Gasteiger partial charge on any atom is 0.290 e. The Morgan fingerprint density at radius 3 is 2.50 bits per heavy atom. The summed E-state index contributed by atoms with van der Waals surface area (Å²) in [4.78, 5) is 9.89. The predicted molar refractivity (Wildman–Crippen MR) is 81.4 cm³/mol. The van der Waals surface area contributed by atoms with Gasteiger partial charge in [-0.25, -0.2) is 13.1 Å². The van der Waals surface area contributed by atoms with E-state index in [2.05, 4.69) is 10.0 Å². The number of nitro benzene ring substituents is 1. The lowest BCUT2D eigenvalue weighted by Crippen LogP contribution is -2.48. The Morgan fingerprint density at radius 1 is 1.27 bits per heavy atom. The molecule has 3 rings (SSSR count). The van der Waals surface area contributed by atoms with E-state index in [-0.39, 0.29) is 11.1 Å². The van der Waals surface area contributed by atoms with Gasteiger partial charge in [0.2, 0.25) is 10.0 Å². The molecule has 22 heavy (non-hydrogen) atoms. The van der Waals surface area contributed by atoms with Crippen LogP contribution < -0.4 is 10.0 Å². The molecule has 0 aromatic heterocycles. The molecule has 2 bridgehead atoms. The molecule has 7 nitrogen and oxygen atoms in total. The molecular weight excluding hydrogens is 330 g/mol. The minimum atomic E-state index is -4.04. The molecule has 2 fully saturated rings. The van der Waals surface area contributed by atoms with Crippen molar-refractivity contribution in [1.82, 2.24) is 10.0 Å². The van der Waals surface area contributed by atoms with Crippen molar-refractivity contribution >= 4 is 27.3 Å². The van der Waals surface area contributed by atoms with Gasteiger partial charge in [0, 0.05) is 24.2 Å². The third kappa shape index (κ3) is 2.96. The largest absolute Gasteiger partial charge is 0.311 e. The molecule has 2 aliphatic heterocycles. The van der Waals surface area contributed by atoms with Crippen LogP contribution in [-0.2, 0) is 10.0 Å². The van der Waals surface area contributed by atoms with Crippen LogP contribution in [-0.4, -0.2) is 31.5 Å². The van der Waals surface area contributed by atoms with Crippen LogP contribution in [0.5, 0.6) is 0 Å². The first-order chi connectivity index (χ1) is 10.4. The van der Waals surface area contributed by atoms with Crippen molar-refractivity contribution < 1.29 is 13.3 Å². The number of hydrogen-bond acceptors (Lipinski definition) is 5. The van der Waals surface area contributed by atoms with Crippen LogP contribution in [0.2, 0.25) is 5.02 Å². The van der Waals surface area contributed by atoms with Gasteiger partial charge in [0.05, 0.1) is 9.95 Å². The van der Waals surface area contributed by atoms with E-state index < -0.39 is 25.5 Å². The van der Waals surface area contributed by atoms with Crippen molar-refractivity contribution in [3.8, 4) is 0 Å². The normalized spacial score (nSPS) is 27.8. The second-order valence-electron chi connectivity index (χ2n) is 5.77. The molecular formula is C13H16ClN3O4S. The van der Waals surface area contributed by atoms with Crippen molar-refractivity contribution in [3.05, 3.63) is 33.3 Å². The van der Waals surface area contributed by atoms with E-state index in [9.17, 15) is 18.5 Å². The lowest BCUT2D eigenvalue weighted by Gasteiger charge is -2.29. The zero-order valence-corrected chi connectivity index (χ0v) is 13.2. The molecule has 2 heterocycles.